The van der Waals surface area contributed by atoms with Crippen LogP contribution in [0.3, 0.4) is 0 Å². The van der Waals surface area contributed by atoms with E-state index in [-0.39, 0.29) is 48.7 Å². The smallest absolute Gasteiger partial charge is 0.245 e. The van der Waals surface area contributed by atoms with Crippen molar-refractivity contribution in [2.24, 2.45) is 0 Å². The van der Waals surface area contributed by atoms with Crippen LogP contribution in [0, 0.1) is 11.6 Å². The lowest BCUT2D eigenvalue weighted by Crippen LogP contribution is -2.32. The van der Waals surface area contributed by atoms with Crippen molar-refractivity contribution in [3.05, 3.63) is 166 Å². The minimum atomic E-state index is -2.59. The summed E-state index contributed by atoms with van der Waals surface area (Å²) >= 11 is 0. The van der Waals surface area contributed by atoms with Gasteiger partial charge in [0, 0.05) is 61.0 Å². The molecular weight excluding hydrogens is 847 g/mol. The number of benzene rings is 4. The van der Waals surface area contributed by atoms with Gasteiger partial charge in [0.2, 0.25) is 18.6 Å². The first-order valence-electron chi connectivity index (χ1n) is 23.4. The van der Waals surface area contributed by atoms with Crippen molar-refractivity contribution in [1.82, 2.24) is 9.97 Å². The van der Waals surface area contributed by atoms with E-state index in [4.69, 9.17) is 0 Å². The van der Waals surface area contributed by atoms with Crippen LogP contribution in [0.2, 0.25) is 0 Å². The molecule has 336 valence electrons. The van der Waals surface area contributed by atoms with Gasteiger partial charge in [-0.3, -0.25) is 4.79 Å². The number of carbonyl (C=O) groups is 1. The maximum Gasteiger partial charge on any atom is 0.245 e. The van der Waals surface area contributed by atoms with Gasteiger partial charge in [-0.1, -0.05) is 84.9 Å². The Kier molecular flexibility index (Phi) is 9.77. The third-order valence-electron chi connectivity index (χ3n) is 15.9. The Morgan fingerprint density at radius 2 is 0.985 bits per heavy atom. The fourth-order valence-corrected chi connectivity index (χ4v) is 12.5. The van der Waals surface area contributed by atoms with Crippen LogP contribution in [0.5, 0.6) is 0 Å². The lowest BCUT2D eigenvalue weighted by molar-refractivity contribution is 0.103. The third-order valence-corrected chi connectivity index (χ3v) is 15.9. The summed E-state index contributed by atoms with van der Waals surface area (Å²) in [6.45, 7) is 1.27. The van der Waals surface area contributed by atoms with Gasteiger partial charge in [-0.15, -0.1) is 0 Å². The second kappa shape index (κ2) is 15.6. The Morgan fingerprint density at radius 3 is 1.39 bits per heavy atom. The molecule has 0 radical (unpaired) electrons. The minimum absolute atomic E-state index is 0.0821. The van der Waals surface area contributed by atoms with Crippen LogP contribution < -0.4 is 9.80 Å². The zero-order valence-electron chi connectivity index (χ0n) is 36.3. The lowest BCUT2D eigenvalue weighted by Gasteiger charge is -2.28. The van der Waals surface area contributed by atoms with Gasteiger partial charge in [-0.2, -0.15) is 0 Å². The maximum atomic E-state index is 15.3. The van der Waals surface area contributed by atoms with Gasteiger partial charge < -0.3 is 9.80 Å². The van der Waals surface area contributed by atoms with Crippen molar-refractivity contribution in [2.75, 3.05) is 36.0 Å². The van der Waals surface area contributed by atoms with Gasteiger partial charge in [0.05, 0.1) is 23.8 Å². The summed E-state index contributed by atoms with van der Waals surface area (Å²) in [5.41, 5.74) is 8.38. The molecular formula is C55H48F6N4O. The standard InChI is InChI=1S/C55H48F6N4O/c56-35-23-47(64-19-17-54(29-64)25-43(52(58)59)41-21-33(13-15-45(41)54)39-7-3-1-5-37(39)31-9-10-31)49(62-27-35)51(66)50-48(24-36(57)28-63-50)65-20-18-55(30-65)26-44(53(60)61)42-22-34(14-16-46(42)55)40-8-4-2-6-38(40)32-11-12-32/h1-8,13-16,21-24,27-28,31-32,43-44,52-53H,9-12,17-20,25-26,29-30H2. The summed E-state index contributed by atoms with van der Waals surface area (Å²) in [7, 11) is 0. The molecule has 5 nitrogen and oxygen atoms in total. The molecule has 2 saturated carbocycles. The van der Waals surface area contributed by atoms with E-state index in [1.54, 1.807) is 0 Å². The zero-order valence-corrected chi connectivity index (χ0v) is 36.3. The SMILES string of the molecule is O=C(c1ncc(F)cc1N1CCC2(CC(C(F)F)c3cc(-c4ccccc4C4CC4)ccc32)C1)c1ncc(F)cc1N1CCC2(CC(C(F)F)c3cc(-c4ccccc4C4CC4)ccc32)C1. The number of aromatic nitrogens is 2. The second-order valence-corrected chi connectivity index (χ2v) is 19.9. The van der Waals surface area contributed by atoms with Crippen LogP contribution in [0.4, 0.5) is 37.7 Å². The van der Waals surface area contributed by atoms with Crippen molar-refractivity contribution in [3.8, 4) is 22.3 Å². The molecule has 11 heteroatoms. The number of rotatable bonds is 10. The number of anilines is 2. The zero-order chi connectivity index (χ0) is 45.1. The van der Waals surface area contributed by atoms with Crippen molar-refractivity contribution in [1.29, 1.82) is 0 Å². The van der Waals surface area contributed by atoms with Crippen LogP contribution in [0.15, 0.2) is 109 Å². The van der Waals surface area contributed by atoms with Gasteiger partial charge in [0.15, 0.2) is 0 Å². The van der Waals surface area contributed by atoms with E-state index in [2.05, 4.69) is 34.2 Å². The summed E-state index contributed by atoms with van der Waals surface area (Å²) in [5, 5.41) is 0. The van der Waals surface area contributed by atoms with Gasteiger partial charge in [0.1, 0.15) is 23.0 Å². The number of pyridine rings is 2. The molecule has 4 atom stereocenters. The van der Waals surface area contributed by atoms with E-state index in [0.717, 1.165) is 71.5 Å². The van der Waals surface area contributed by atoms with Gasteiger partial charge in [-0.05, 0) is 119 Å². The highest BCUT2D eigenvalue weighted by Gasteiger charge is 2.53. The number of hydrogen-bond acceptors (Lipinski definition) is 5. The number of ketones is 1. The first kappa shape index (κ1) is 41.5. The largest absolute Gasteiger partial charge is 0.369 e. The van der Waals surface area contributed by atoms with E-state index in [9.17, 15) is 22.4 Å². The van der Waals surface area contributed by atoms with Crippen molar-refractivity contribution in [3.63, 3.8) is 0 Å². The molecule has 0 bridgehead atoms. The van der Waals surface area contributed by atoms with Crippen LogP contribution in [-0.2, 0) is 10.8 Å². The van der Waals surface area contributed by atoms with E-state index in [1.165, 1.54) is 23.3 Å². The molecule has 6 aromatic rings. The molecule has 4 heterocycles. The fourth-order valence-electron chi connectivity index (χ4n) is 12.5. The Balaban J connectivity index is 0.847. The van der Waals surface area contributed by atoms with E-state index < -0.39 is 52.9 Å². The summed E-state index contributed by atoms with van der Waals surface area (Å²) in [6.07, 6.45) is 2.67. The molecule has 0 N–H and O–H groups in total. The number of carbonyl (C=O) groups excluding carboxylic acids is 1. The molecule has 2 aromatic heterocycles. The number of alkyl halides is 4. The van der Waals surface area contributed by atoms with Crippen molar-refractivity contribution in [2.45, 2.75) is 98.7 Å². The predicted molar refractivity (Wildman–Crippen MR) is 243 cm³/mol. The van der Waals surface area contributed by atoms with Crippen LogP contribution in [0.1, 0.15) is 125 Å². The molecule has 4 aromatic carbocycles. The van der Waals surface area contributed by atoms with Crippen LogP contribution >= 0.6 is 0 Å². The third kappa shape index (κ3) is 6.85. The molecule has 2 spiro atoms. The number of nitrogens with zero attached hydrogens (tertiary/aromatic N) is 4. The molecule has 12 rings (SSSR count). The van der Waals surface area contributed by atoms with Gasteiger partial charge in [0.25, 0.3) is 0 Å². The Hall–Kier alpha value is -5.97. The number of halogens is 6. The maximum absolute atomic E-state index is 15.3. The Labute approximate surface area is 379 Å². The first-order chi connectivity index (χ1) is 32.0. The topological polar surface area (TPSA) is 49.3 Å². The molecule has 6 aliphatic rings. The summed E-state index contributed by atoms with van der Waals surface area (Å²) in [6, 6.07) is 30.8. The summed E-state index contributed by atoms with van der Waals surface area (Å²) < 4.78 is 90.4. The predicted octanol–water partition coefficient (Wildman–Crippen LogP) is 12.9. The van der Waals surface area contributed by atoms with Crippen LogP contribution in [0.25, 0.3) is 22.3 Å². The molecule has 2 aliphatic heterocycles. The molecule has 0 amide bonds. The van der Waals surface area contributed by atoms with E-state index in [0.29, 0.717) is 48.9 Å². The summed E-state index contributed by atoms with van der Waals surface area (Å²) in [4.78, 5) is 27.2. The molecule has 4 fully saturated rings. The Morgan fingerprint density at radius 1 is 0.561 bits per heavy atom. The molecule has 4 unspecified atom stereocenters. The lowest BCUT2D eigenvalue weighted by atomic mass is 9.80. The average Bonchev–Trinajstić information content (AvgIpc) is 4.23. The fraction of sp³-hybridized carbons (Fsp3) is 0.364. The van der Waals surface area contributed by atoms with E-state index >= 15 is 8.78 Å². The van der Waals surface area contributed by atoms with E-state index in [1.807, 2.05) is 70.5 Å². The van der Waals surface area contributed by atoms with Crippen molar-refractivity contribution < 1.29 is 31.1 Å². The highest BCUT2D eigenvalue weighted by Crippen LogP contribution is 2.57. The van der Waals surface area contributed by atoms with Gasteiger partial charge >= 0.3 is 0 Å². The van der Waals surface area contributed by atoms with Crippen LogP contribution in [-0.4, -0.2) is 54.8 Å². The van der Waals surface area contributed by atoms with Crippen molar-refractivity contribution >= 4 is 17.2 Å². The second-order valence-electron chi connectivity index (χ2n) is 19.9. The van der Waals surface area contributed by atoms with Gasteiger partial charge in [-0.25, -0.2) is 36.3 Å². The highest BCUT2D eigenvalue weighted by atomic mass is 19.3. The first-order valence-corrected chi connectivity index (χ1v) is 23.4. The quantitative estimate of drug-likeness (QED) is 0.101. The Bertz CT molecular complexity index is 2740. The minimum Gasteiger partial charge on any atom is -0.369 e. The number of hydrogen-bond donors (Lipinski definition) is 0. The summed E-state index contributed by atoms with van der Waals surface area (Å²) in [5.74, 6) is -2.97. The number of fused-ring (bicyclic) bond motifs is 4. The highest BCUT2D eigenvalue weighted by molar-refractivity contribution is 6.13. The molecule has 2 saturated heterocycles. The normalized spacial score (nSPS) is 24.4. The monoisotopic (exact) mass is 894 g/mol. The molecule has 66 heavy (non-hydrogen) atoms. The molecule has 4 aliphatic carbocycles. The average molecular weight is 895 g/mol.